The van der Waals surface area contributed by atoms with E-state index >= 15 is 0 Å². The lowest BCUT2D eigenvalue weighted by atomic mass is 9.90. The molecule has 0 aliphatic carbocycles. The van der Waals surface area contributed by atoms with Gasteiger partial charge in [0.25, 0.3) is 0 Å². The van der Waals surface area contributed by atoms with Crippen molar-refractivity contribution in [1.29, 1.82) is 0 Å². The quantitative estimate of drug-likeness (QED) is 0.913. The number of hydrogen-bond acceptors (Lipinski definition) is 5. The third kappa shape index (κ3) is 2.26. The van der Waals surface area contributed by atoms with Gasteiger partial charge in [0.1, 0.15) is 5.82 Å². The van der Waals surface area contributed by atoms with E-state index < -0.39 is 0 Å². The van der Waals surface area contributed by atoms with Crippen molar-refractivity contribution in [2.75, 3.05) is 12.4 Å². The van der Waals surface area contributed by atoms with Crippen LogP contribution in [0.25, 0.3) is 0 Å². The van der Waals surface area contributed by atoms with Crippen LogP contribution in [0.3, 0.4) is 0 Å². The summed E-state index contributed by atoms with van der Waals surface area (Å²) in [5.41, 5.74) is 0. The predicted octanol–water partition coefficient (Wildman–Crippen LogP) is 2.70. The molecule has 2 aliphatic rings. The topological polar surface area (TPSA) is 41.1 Å². The number of aromatic nitrogens is 2. The van der Waals surface area contributed by atoms with Gasteiger partial charge < -0.3 is 10.2 Å². The Labute approximate surface area is 113 Å². The SMILES string of the molecule is CC(C)Nc1nc(C2CC3CCC(C2)N3C)ns1. The summed E-state index contributed by atoms with van der Waals surface area (Å²) in [5, 5.41) is 4.32. The summed E-state index contributed by atoms with van der Waals surface area (Å²) in [6, 6.07) is 1.96. The van der Waals surface area contributed by atoms with Gasteiger partial charge in [-0.05, 0) is 46.6 Å². The summed E-state index contributed by atoms with van der Waals surface area (Å²) >= 11 is 1.51. The van der Waals surface area contributed by atoms with E-state index in [4.69, 9.17) is 0 Å². The molecular formula is C13H22N4S. The fourth-order valence-electron chi connectivity index (χ4n) is 3.33. The highest BCUT2D eigenvalue weighted by molar-refractivity contribution is 7.09. The zero-order valence-electron chi connectivity index (χ0n) is 11.4. The Bertz CT molecular complexity index is 403. The van der Waals surface area contributed by atoms with Crippen LogP contribution in [0.2, 0.25) is 0 Å². The van der Waals surface area contributed by atoms with Crippen molar-refractivity contribution in [3.8, 4) is 0 Å². The normalized spacial score (nSPS) is 32.1. The van der Waals surface area contributed by atoms with E-state index in [9.17, 15) is 0 Å². The molecule has 0 saturated carbocycles. The third-order valence-electron chi connectivity index (χ3n) is 4.32. The highest BCUT2D eigenvalue weighted by Gasteiger charge is 2.40. The van der Waals surface area contributed by atoms with Gasteiger partial charge in [0.15, 0.2) is 0 Å². The Balaban J connectivity index is 1.70. The summed E-state index contributed by atoms with van der Waals surface area (Å²) in [5.74, 6) is 1.66. The van der Waals surface area contributed by atoms with E-state index in [1.165, 1.54) is 37.2 Å². The van der Waals surface area contributed by atoms with Gasteiger partial charge in [0, 0.05) is 35.6 Å². The monoisotopic (exact) mass is 266 g/mol. The highest BCUT2D eigenvalue weighted by atomic mass is 32.1. The second-order valence-electron chi connectivity index (χ2n) is 5.98. The van der Waals surface area contributed by atoms with Crippen LogP contribution in [-0.4, -0.2) is 39.4 Å². The van der Waals surface area contributed by atoms with E-state index in [-0.39, 0.29) is 0 Å². The van der Waals surface area contributed by atoms with Crippen LogP contribution in [0, 0.1) is 0 Å². The van der Waals surface area contributed by atoms with E-state index in [2.05, 4.69) is 40.5 Å². The molecule has 1 N–H and O–H groups in total. The average Bonchev–Trinajstić information content (AvgIpc) is 2.81. The molecule has 0 radical (unpaired) electrons. The maximum absolute atomic E-state index is 4.67. The van der Waals surface area contributed by atoms with Crippen LogP contribution in [0.5, 0.6) is 0 Å². The summed E-state index contributed by atoms with van der Waals surface area (Å²) in [4.78, 5) is 7.24. The Morgan fingerprint density at radius 1 is 1.28 bits per heavy atom. The van der Waals surface area contributed by atoms with Gasteiger partial charge in [-0.1, -0.05) is 0 Å². The molecule has 1 aromatic heterocycles. The van der Waals surface area contributed by atoms with Gasteiger partial charge in [-0.25, -0.2) is 4.98 Å². The minimum atomic E-state index is 0.430. The number of hydrogen-bond donors (Lipinski definition) is 1. The lowest BCUT2D eigenvalue weighted by molar-refractivity contribution is 0.159. The first-order valence-corrected chi connectivity index (χ1v) is 7.73. The van der Waals surface area contributed by atoms with Gasteiger partial charge in [-0.2, -0.15) is 4.37 Å². The van der Waals surface area contributed by atoms with E-state index in [1.54, 1.807) is 0 Å². The Hall–Kier alpha value is -0.680. The third-order valence-corrected chi connectivity index (χ3v) is 4.98. The standard InChI is InChI=1S/C13H22N4S/c1-8(2)14-13-15-12(16-18-13)9-6-10-4-5-11(7-9)17(10)3/h8-11H,4-7H2,1-3H3,(H,14,15,16). The highest BCUT2D eigenvalue weighted by Crippen LogP contribution is 2.41. The minimum absolute atomic E-state index is 0.430. The van der Waals surface area contributed by atoms with Crippen LogP contribution in [0.4, 0.5) is 5.13 Å². The largest absolute Gasteiger partial charge is 0.358 e. The lowest BCUT2D eigenvalue weighted by Gasteiger charge is -2.35. The first kappa shape index (κ1) is 12.4. The Morgan fingerprint density at radius 2 is 1.94 bits per heavy atom. The fraction of sp³-hybridized carbons (Fsp3) is 0.846. The van der Waals surface area contributed by atoms with Gasteiger partial charge in [-0.3, -0.25) is 0 Å². The molecule has 100 valence electrons. The first-order chi connectivity index (χ1) is 8.63. The second kappa shape index (κ2) is 4.78. The fourth-order valence-corrected chi connectivity index (χ4v) is 4.12. The van der Waals surface area contributed by atoms with Gasteiger partial charge in [0.05, 0.1) is 0 Å². The number of nitrogens with zero attached hydrogens (tertiary/aromatic N) is 3. The van der Waals surface area contributed by atoms with Gasteiger partial charge >= 0.3 is 0 Å². The molecule has 3 rings (SSSR count). The Kier molecular flexibility index (Phi) is 3.28. The molecule has 5 heteroatoms. The molecule has 0 aromatic carbocycles. The van der Waals surface area contributed by atoms with E-state index in [0.717, 1.165) is 23.0 Å². The molecule has 2 atom stereocenters. The number of nitrogens with one attached hydrogen (secondary N) is 1. The van der Waals surface area contributed by atoms with Crippen LogP contribution < -0.4 is 5.32 Å². The molecule has 4 nitrogen and oxygen atoms in total. The van der Waals surface area contributed by atoms with Crippen LogP contribution in [0.1, 0.15) is 51.3 Å². The van der Waals surface area contributed by atoms with Gasteiger partial charge in [0.2, 0.25) is 5.13 Å². The molecule has 2 bridgehead atoms. The average molecular weight is 266 g/mol. The molecular weight excluding hydrogens is 244 g/mol. The van der Waals surface area contributed by atoms with Gasteiger partial charge in [-0.15, -0.1) is 0 Å². The summed E-state index contributed by atoms with van der Waals surface area (Å²) in [6.07, 6.45) is 5.20. The van der Waals surface area contributed by atoms with Crippen LogP contribution in [0.15, 0.2) is 0 Å². The number of anilines is 1. The Morgan fingerprint density at radius 3 is 2.56 bits per heavy atom. The molecule has 2 fully saturated rings. The first-order valence-electron chi connectivity index (χ1n) is 6.95. The van der Waals surface area contributed by atoms with Crippen molar-refractivity contribution in [3.63, 3.8) is 0 Å². The predicted molar refractivity (Wildman–Crippen MR) is 75.2 cm³/mol. The zero-order valence-corrected chi connectivity index (χ0v) is 12.2. The van der Waals surface area contributed by atoms with Crippen molar-refractivity contribution < 1.29 is 0 Å². The zero-order chi connectivity index (χ0) is 12.7. The summed E-state index contributed by atoms with van der Waals surface area (Å²) in [7, 11) is 2.28. The van der Waals surface area contributed by atoms with Crippen molar-refractivity contribution in [3.05, 3.63) is 5.82 Å². The lowest BCUT2D eigenvalue weighted by Crippen LogP contribution is -2.39. The number of piperidine rings is 1. The summed E-state index contributed by atoms with van der Waals surface area (Å²) < 4.78 is 4.56. The van der Waals surface area contributed by atoms with Crippen molar-refractivity contribution in [2.24, 2.45) is 0 Å². The van der Waals surface area contributed by atoms with E-state index in [0.29, 0.717) is 12.0 Å². The molecule has 0 spiro atoms. The maximum Gasteiger partial charge on any atom is 0.202 e. The van der Waals surface area contributed by atoms with Crippen molar-refractivity contribution in [1.82, 2.24) is 14.3 Å². The van der Waals surface area contributed by atoms with E-state index in [1.807, 2.05) is 0 Å². The molecule has 2 unspecified atom stereocenters. The van der Waals surface area contributed by atoms with Crippen LogP contribution in [-0.2, 0) is 0 Å². The number of rotatable bonds is 3. The second-order valence-corrected chi connectivity index (χ2v) is 6.73. The molecule has 18 heavy (non-hydrogen) atoms. The smallest absolute Gasteiger partial charge is 0.202 e. The van der Waals surface area contributed by atoms with Crippen LogP contribution >= 0.6 is 11.5 Å². The molecule has 0 amide bonds. The molecule has 3 heterocycles. The van der Waals surface area contributed by atoms with Crippen molar-refractivity contribution >= 4 is 16.7 Å². The number of fused-ring (bicyclic) bond motifs is 2. The summed E-state index contributed by atoms with van der Waals surface area (Å²) in [6.45, 7) is 4.27. The minimum Gasteiger partial charge on any atom is -0.358 e. The van der Waals surface area contributed by atoms with Crippen molar-refractivity contribution in [2.45, 2.75) is 63.6 Å². The maximum atomic E-state index is 4.67. The molecule has 2 aliphatic heterocycles. The molecule has 1 aromatic rings. The molecule has 2 saturated heterocycles.